The average Bonchev–Trinajstić information content (AvgIpc) is 3.19. The lowest BCUT2D eigenvalue weighted by Gasteiger charge is -2.05. The Hall–Kier alpha value is -1.82. The van der Waals surface area contributed by atoms with Gasteiger partial charge in [-0.15, -0.1) is 22.7 Å². The standard InChI is InChI=1S/C16H14N4OS3/c1-3-10-4-11-14(18-8-19-15(11)24-10)23-7-13(21)12(5-17)16-20-9(2)6-22-16/h4,6,8,12H,3,7H2,1-2H3/t12-/m1/s1. The van der Waals surface area contributed by atoms with E-state index in [0.29, 0.717) is 5.01 Å². The van der Waals surface area contributed by atoms with Crippen LogP contribution in [0.2, 0.25) is 0 Å². The van der Waals surface area contributed by atoms with E-state index >= 15 is 0 Å². The molecular formula is C16H14N4OS3. The minimum Gasteiger partial charge on any atom is -0.297 e. The van der Waals surface area contributed by atoms with Gasteiger partial charge in [0.15, 0.2) is 11.7 Å². The number of nitriles is 1. The monoisotopic (exact) mass is 374 g/mol. The van der Waals surface area contributed by atoms with Crippen molar-refractivity contribution in [1.29, 1.82) is 5.26 Å². The molecule has 5 nitrogen and oxygen atoms in total. The van der Waals surface area contributed by atoms with Crippen LogP contribution in [0.5, 0.6) is 0 Å². The van der Waals surface area contributed by atoms with Crippen LogP contribution in [0.1, 0.15) is 28.4 Å². The molecule has 3 aromatic heterocycles. The van der Waals surface area contributed by atoms with Gasteiger partial charge < -0.3 is 0 Å². The molecule has 0 N–H and O–H groups in total. The van der Waals surface area contributed by atoms with E-state index in [1.807, 2.05) is 12.3 Å². The number of aryl methyl sites for hydroxylation is 2. The minimum absolute atomic E-state index is 0.144. The van der Waals surface area contributed by atoms with Crippen molar-refractivity contribution in [3.05, 3.63) is 33.4 Å². The number of aromatic nitrogens is 3. The summed E-state index contributed by atoms with van der Waals surface area (Å²) >= 11 is 4.36. The number of ketones is 1. The Balaban J connectivity index is 1.76. The van der Waals surface area contributed by atoms with Crippen molar-refractivity contribution in [2.24, 2.45) is 0 Å². The Bertz CT molecular complexity index is 925. The molecular weight excluding hydrogens is 360 g/mol. The summed E-state index contributed by atoms with van der Waals surface area (Å²) < 4.78 is 0. The van der Waals surface area contributed by atoms with Crippen LogP contribution in [-0.4, -0.2) is 26.5 Å². The summed E-state index contributed by atoms with van der Waals surface area (Å²) in [5.41, 5.74) is 0.832. The van der Waals surface area contributed by atoms with Crippen LogP contribution in [0.3, 0.4) is 0 Å². The molecule has 0 amide bonds. The summed E-state index contributed by atoms with van der Waals surface area (Å²) in [7, 11) is 0. The number of carbonyl (C=O) groups is 1. The Labute approximate surface area is 151 Å². The highest BCUT2D eigenvalue weighted by molar-refractivity contribution is 8.00. The summed E-state index contributed by atoms with van der Waals surface area (Å²) in [6.07, 6.45) is 2.47. The van der Waals surface area contributed by atoms with Gasteiger partial charge in [0.05, 0.1) is 11.8 Å². The topological polar surface area (TPSA) is 79.5 Å². The number of carbonyl (C=O) groups excluding carboxylic acids is 1. The largest absolute Gasteiger partial charge is 0.297 e. The number of thiazole rings is 1. The molecule has 0 aliphatic heterocycles. The fourth-order valence-electron chi connectivity index (χ4n) is 2.17. The molecule has 0 fully saturated rings. The Morgan fingerprint density at radius 3 is 2.96 bits per heavy atom. The van der Waals surface area contributed by atoms with Crippen LogP contribution in [-0.2, 0) is 11.2 Å². The number of thioether (sulfide) groups is 1. The van der Waals surface area contributed by atoms with E-state index in [-0.39, 0.29) is 11.5 Å². The van der Waals surface area contributed by atoms with Crippen molar-refractivity contribution in [3.63, 3.8) is 0 Å². The van der Waals surface area contributed by atoms with E-state index in [1.54, 1.807) is 11.3 Å². The van der Waals surface area contributed by atoms with Gasteiger partial charge in [-0.05, 0) is 19.4 Å². The molecule has 24 heavy (non-hydrogen) atoms. The molecule has 0 radical (unpaired) electrons. The third-order valence-electron chi connectivity index (χ3n) is 3.38. The molecule has 0 unspecified atom stereocenters. The number of rotatable bonds is 6. The fraction of sp³-hybridized carbons (Fsp3) is 0.312. The number of nitrogens with zero attached hydrogens (tertiary/aromatic N) is 4. The van der Waals surface area contributed by atoms with Crippen molar-refractivity contribution in [2.75, 3.05) is 5.75 Å². The van der Waals surface area contributed by atoms with Gasteiger partial charge in [-0.25, -0.2) is 15.0 Å². The summed E-state index contributed by atoms with van der Waals surface area (Å²) in [4.78, 5) is 27.5. The first kappa shape index (κ1) is 17.0. The highest BCUT2D eigenvalue weighted by Gasteiger charge is 2.23. The van der Waals surface area contributed by atoms with Gasteiger partial charge in [0.1, 0.15) is 21.2 Å². The van der Waals surface area contributed by atoms with Gasteiger partial charge in [0.25, 0.3) is 0 Å². The molecule has 3 heterocycles. The van der Waals surface area contributed by atoms with Gasteiger partial charge >= 0.3 is 0 Å². The normalized spacial score (nSPS) is 12.2. The number of hydrogen-bond acceptors (Lipinski definition) is 8. The maximum Gasteiger partial charge on any atom is 0.167 e. The van der Waals surface area contributed by atoms with E-state index in [4.69, 9.17) is 0 Å². The van der Waals surface area contributed by atoms with Crippen LogP contribution in [0.4, 0.5) is 0 Å². The molecule has 8 heteroatoms. The van der Waals surface area contributed by atoms with E-state index in [1.165, 1.54) is 34.3 Å². The second kappa shape index (κ2) is 7.38. The fourth-order valence-corrected chi connectivity index (χ4v) is 4.90. The Morgan fingerprint density at radius 2 is 2.29 bits per heavy atom. The van der Waals surface area contributed by atoms with E-state index in [2.05, 4.69) is 34.0 Å². The zero-order valence-electron chi connectivity index (χ0n) is 13.1. The maximum absolute atomic E-state index is 12.4. The van der Waals surface area contributed by atoms with Crippen LogP contribution in [0, 0.1) is 18.3 Å². The number of thiophene rings is 1. The number of fused-ring (bicyclic) bond motifs is 1. The Morgan fingerprint density at radius 1 is 1.46 bits per heavy atom. The molecule has 3 aromatic rings. The van der Waals surface area contributed by atoms with Crippen molar-refractivity contribution in [2.45, 2.75) is 31.2 Å². The van der Waals surface area contributed by atoms with Gasteiger partial charge in [-0.2, -0.15) is 5.26 Å². The first-order chi connectivity index (χ1) is 11.6. The van der Waals surface area contributed by atoms with Crippen LogP contribution in [0.25, 0.3) is 10.2 Å². The zero-order valence-corrected chi connectivity index (χ0v) is 15.6. The number of hydrogen-bond donors (Lipinski definition) is 0. The van der Waals surface area contributed by atoms with Crippen molar-refractivity contribution in [1.82, 2.24) is 15.0 Å². The highest BCUT2D eigenvalue weighted by Crippen LogP contribution is 2.32. The quantitative estimate of drug-likeness (QED) is 0.479. The molecule has 0 saturated heterocycles. The molecule has 122 valence electrons. The predicted molar refractivity (Wildman–Crippen MR) is 97.7 cm³/mol. The molecule has 0 bridgehead atoms. The first-order valence-corrected chi connectivity index (χ1v) is 10.0. The van der Waals surface area contributed by atoms with Crippen molar-refractivity contribution in [3.8, 4) is 6.07 Å². The minimum atomic E-state index is -0.804. The molecule has 0 aliphatic rings. The lowest BCUT2D eigenvalue weighted by Crippen LogP contribution is -2.13. The SMILES string of the molecule is CCc1cc2c(SCC(=O)[C@@H](C#N)c3nc(C)cs3)ncnc2s1. The van der Waals surface area contributed by atoms with E-state index in [9.17, 15) is 10.1 Å². The summed E-state index contributed by atoms with van der Waals surface area (Å²) in [5, 5.41) is 13.5. The zero-order chi connectivity index (χ0) is 17.1. The van der Waals surface area contributed by atoms with Gasteiger partial charge in [-0.1, -0.05) is 18.7 Å². The van der Waals surface area contributed by atoms with Gasteiger partial charge in [-0.3, -0.25) is 4.79 Å². The van der Waals surface area contributed by atoms with Crippen LogP contribution >= 0.6 is 34.4 Å². The lowest BCUT2D eigenvalue weighted by atomic mass is 10.1. The number of Topliss-reactive ketones (excluding diaryl/α,β-unsaturated/α-hetero) is 1. The first-order valence-electron chi connectivity index (χ1n) is 7.33. The highest BCUT2D eigenvalue weighted by atomic mass is 32.2. The molecule has 0 aromatic carbocycles. The Kier molecular flexibility index (Phi) is 5.23. The summed E-state index contributed by atoms with van der Waals surface area (Å²) in [6, 6.07) is 4.15. The van der Waals surface area contributed by atoms with Crippen LogP contribution in [0.15, 0.2) is 22.8 Å². The van der Waals surface area contributed by atoms with Crippen molar-refractivity contribution >= 4 is 50.4 Å². The molecule has 0 saturated carbocycles. The van der Waals surface area contributed by atoms with Crippen LogP contribution < -0.4 is 0 Å². The second-order valence-corrected chi connectivity index (χ2v) is 8.08. The molecule has 1 atom stereocenters. The van der Waals surface area contributed by atoms with Gasteiger partial charge in [0, 0.05) is 21.3 Å². The van der Waals surface area contributed by atoms with Gasteiger partial charge in [0.2, 0.25) is 0 Å². The lowest BCUT2D eigenvalue weighted by molar-refractivity contribution is -0.116. The second-order valence-electron chi connectivity index (χ2n) is 5.11. The average molecular weight is 375 g/mol. The summed E-state index contributed by atoms with van der Waals surface area (Å²) in [6.45, 7) is 3.95. The third-order valence-corrected chi connectivity index (χ3v) is 6.62. The predicted octanol–water partition coefficient (Wildman–Crippen LogP) is 3.99. The molecule has 0 spiro atoms. The third kappa shape index (κ3) is 3.48. The smallest absolute Gasteiger partial charge is 0.167 e. The molecule has 0 aliphatic carbocycles. The molecule has 3 rings (SSSR count). The van der Waals surface area contributed by atoms with E-state index in [0.717, 1.165) is 27.4 Å². The summed E-state index contributed by atoms with van der Waals surface area (Å²) in [5.74, 6) is -0.753. The van der Waals surface area contributed by atoms with E-state index < -0.39 is 5.92 Å². The maximum atomic E-state index is 12.4. The van der Waals surface area contributed by atoms with Crippen molar-refractivity contribution < 1.29 is 4.79 Å².